The molecule has 1 heterocycles. The highest BCUT2D eigenvalue weighted by molar-refractivity contribution is 5.82. The minimum atomic E-state index is -0.781. The number of benzene rings is 1. The molecule has 0 unspecified atom stereocenters. The van der Waals surface area contributed by atoms with Gasteiger partial charge in [-0.3, -0.25) is 9.69 Å². The first kappa shape index (κ1) is 19.8. The molecule has 1 aliphatic heterocycles. The quantitative estimate of drug-likeness (QED) is 0.855. The van der Waals surface area contributed by atoms with Gasteiger partial charge in [0, 0.05) is 12.1 Å². The van der Waals surface area contributed by atoms with E-state index in [1.54, 1.807) is 6.92 Å². The summed E-state index contributed by atoms with van der Waals surface area (Å²) in [6, 6.07) is 1.49. The molecule has 0 bridgehead atoms. The van der Waals surface area contributed by atoms with Crippen LogP contribution in [-0.2, 0) is 4.79 Å². The first-order valence-corrected chi connectivity index (χ1v) is 8.76. The van der Waals surface area contributed by atoms with Gasteiger partial charge in [0.05, 0.1) is 18.7 Å². The lowest BCUT2D eigenvalue weighted by molar-refractivity contribution is -0.127. The maximum Gasteiger partial charge on any atom is 0.237 e. The maximum absolute atomic E-state index is 14.6. The largest absolute Gasteiger partial charge is 0.395 e. The molecule has 0 spiro atoms. The Labute approximate surface area is 148 Å². The summed E-state index contributed by atoms with van der Waals surface area (Å²) < 4.78 is 29.0. The third-order valence-electron chi connectivity index (χ3n) is 4.81. The molecule has 2 N–H and O–H groups in total. The number of hydrogen-bond acceptors (Lipinski definition) is 3. The van der Waals surface area contributed by atoms with E-state index in [0.717, 1.165) is 13.0 Å². The fraction of sp³-hybridized carbons (Fsp3) is 0.632. The number of nitrogens with one attached hydrogen (secondary N) is 1. The van der Waals surface area contributed by atoms with Crippen LogP contribution in [0.25, 0.3) is 0 Å². The number of nitrogens with zero attached hydrogens (tertiary/aromatic N) is 1. The Morgan fingerprint density at radius 3 is 2.68 bits per heavy atom. The summed E-state index contributed by atoms with van der Waals surface area (Å²) in [6.07, 6.45) is 1.55. The van der Waals surface area contributed by atoms with Crippen LogP contribution in [0.4, 0.5) is 8.78 Å². The van der Waals surface area contributed by atoms with Gasteiger partial charge in [0.15, 0.2) is 0 Å². The number of amides is 1. The molecule has 0 aromatic heterocycles. The fourth-order valence-corrected chi connectivity index (χ4v) is 3.42. The van der Waals surface area contributed by atoms with Gasteiger partial charge in [-0.1, -0.05) is 26.8 Å². The van der Waals surface area contributed by atoms with Gasteiger partial charge in [-0.05, 0) is 43.4 Å². The van der Waals surface area contributed by atoms with Gasteiger partial charge in [-0.25, -0.2) is 8.78 Å². The van der Waals surface area contributed by atoms with Crippen molar-refractivity contribution >= 4 is 5.91 Å². The van der Waals surface area contributed by atoms with Crippen LogP contribution in [0.3, 0.4) is 0 Å². The molecule has 1 fully saturated rings. The molecule has 25 heavy (non-hydrogen) atoms. The number of β-amino-alcohol motifs (C(OH)–C–C–N with tert-alkyl or cyclic N) is 1. The van der Waals surface area contributed by atoms with Gasteiger partial charge >= 0.3 is 0 Å². The number of rotatable bonds is 5. The van der Waals surface area contributed by atoms with Crippen LogP contribution >= 0.6 is 0 Å². The third kappa shape index (κ3) is 4.36. The van der Waals surface area contributed by atoms with Crippen LogP contribution < -0.4 is 5.32 Å². The zero-order chi connectivity index (χ0) is 18.8. The summed E-state index contributed by atoms with van der Waals surface area (Å²) >= 11 is 0. The SMILES string of the molecule is Cc1ccc(F)c([C@@H](NC(=O)[C@H]2CCCN2CCO)C(C)(C)C)c1F. The van der Waals surface area contributed by atoms with Crippen molar-refractivity contribution in [3.8, 4) is 0 Å². The normalized spacial score (nSPS) is 19.9. The van der Waals surface area contributed by atoms with Crippen LogP contribution in [0.5, 0.6) is 0 Å². The number of carbonyl (C=O) groups is 1. The van der Waals surface area contributed by atoms with E-state index >= 15 is 0 Å². The fourth-order valence-electron chi connectivity index (χ4n) is 3.42. The van der Waals surface area contributed by atoms with Gasteiger partial charge in [-0.2, -0.15) is 0 Å². The van der Waals surface area contributed by atoms with E-state index in [0.29, 0.717) is 18.5 Å². The summed E-state index contributed by atoms with van der Waals surface area (Å²) in [5.74, 6) is -1.51. The lowest BCUT2D eigenvalue weighted by Crippen LogP contribution is -2.48. The summed E-state index contributed by atoms with van der Waals surface area (Å²) in [6.45, 7) is 8.27. The summed E-state index contributed by atoms with van der Waals surface area (Å²) in [5.41, 5.74) is -0.304. The van der Waals surface area contributed by atoms with E-state index in [2.05, 4.69) is 5.32 Å². The number of halogens is 2. The molecule has 6 heteroatoms. The Bertz CT molecular complexity index is 629. The molecule has 4 nitrogen and oxygen atoms in total. The first-order chi connectivity index (χ1) is 11.7. The molecule has 0 radical (unpaired) electrons. The van der Waals surface area contributed by atoms with E-state index in [1.165, 1.54) is 12.1 Å². The van der Waals surface area contributed by atoms with Crippen molar-refractivity contribution < 1.29 is 18.7 Å². The van der Waals surface area contributed by atoms with Crippen molar-refractivity contribution in [2.24, 2.45) is 5.41 Å². The molecule has 1 aromatic carbocycles. The molecule has 1 aromatic rings. The molecular weight excluding hydrogens is 326 g/mol. The van der Waals surface area contributed by atoms with Crippen LogP contribution in [0, 0.1) is 24.0 Å². The van der Waals surface area contributed by atoms with Gasteiger partial charge in [0.25, 0.3) is 0 Å². The van der Waals surface area contributed by atoms with E-state index in [1.807, 2.05) is 25.7 Å². The van der Waals surface area contributed by atoms with E-state index in [9.17, 15) is 13.6 Å². The maximum atomic E-state index is 14.6. The van der Waals surface area contributed by atoms with Crippen LogP contribution in [0.15, 0.2) is 12.1 Å². The van der Waals surface area contributed by atoms with Crippen molar-refractivity contribution in [3.63, 3.8) is 0 Å². The Kier molecular flexibility index (Phi) is 6.16. The van der Waals surface area contributed by atoms with Gasteiger partial charge < -0.3 is 10.4 Å². The van der Waals surface area contributed by atoms with Gasteiger partial charge in [-0.15, -0.1) is 0 Å². The van der Waals surface area contributed by atoms with E-state index in [4.69, 9.17) is 5.11 Å². The second-order valence-electron chi connectivity index (χ2n) is 7.82. The average Bonchev–Trinajstić information content (AvgIpc) is 2.98. The molecule has 1 saturated heterocycles. The molecule has 2 atom stereocenters. The number of aliphatic hydroxyl groups is 1. The Balaban J connectivity index is 2.31. The second kappa shape index (κ2) is 7.79. The van der Waals surface area contributed by atoms with Crippen molar-refractivity contribution in [2.45, 2.75) is 52.6 Å². The van der Waals surface area contributed by atoms with Crippen molar-refractivity contribution in [2.75, 3.05) is 19.7 Å². The van der Waals surface area contributed by atoms with E-state index < -0.39 is 23.1 Å². The molecule has 0 aliphatic carbocycles. The summed E-state index contributed by atoms with van der Waals surface area (Å²) in [7, 11) is 0. The Morgan fingerprint density at radius 1 is 1.40 bits per heavy atom. The van der Waals surface area contributed by atoms with Gasteiger partial charge in [0.2, 0.25) is 5.91 Å². The Hall–Kier alpha value is -1.53. The van der Waals surface area contributed by atoms with Crippen molar-refractivity contribution in [1.82, 2.24) is 10.2 Å². The summed E-state index contributed by atoms with van der Waals surface area (Å²) in [4.78, 5) is 14.7. The minimum Gasteiger partial charge on any atom is -0.395 e. The second-order valence-corrected chi connectivity index (χ2v) is 7.82. The predicted octanol–water partition coefficient (Wildman–Crippen LogP) is 2.93. The predicted molar refractivity (Wildman–Crippen MR) is 93.1 cm³/mol. The van der Waals surface area contributed by atoms with E-state index in [-0.39, 0.29) is 24.1 Å². The number of hydrogen-bond donors (Lipinski definition) is 2. The van der Waals surface area contributed by atoms with Crippen LogP contribution in [0.2, 0.25) is 0 Å². The highest BCUT2D eigenvalue weighted by Gasteiger charge is 2.37. The van der Waals surface area contributed by atoms with Gasteiger partial charge in [0.1, 0.15) is 11.6 Å². The lowest BCUT2D eigenvalue weighted by atomic mass is 9.81. The topological polar surface area (TPSA) is 52.6 Å². The first-order valence-electron chi connectivity index (χ1n) is 8.76. The molecule has 1 amide bonds. The standard InChI is InChI=1S/C19H28F2N2O2/c1-12-7-8-13(20)15(16(12)21)17(19(2,3)4)22-18(25)14-6-5-9-23(14)10-11-24/h7-8,14,17,24H,5-6,9-11H2,1-4H3,(H,22,25)/t14-,17-/m1/s1. The van der Waals surface area contributed by atoms with Crippen molar-refractivity contribution in [3.05, 3.63) is 34.9 Å². The number of aliphatic hydroxyl groups excluding tert-OH is 1. The zero-order valence-corrected chi connectivity index (χ0v) is 15.4. The number of likely N-dealkylation sites (tertiary alicyclic amines) is 1. The number of aryl methyl sites for hydroxylation is 1. The molecule has 140 valence electrons. The molecule has 0 saturated carbocycles. The highest BCUT2D eigenvalue weighted by Crippen LogP contribution is 2.36. The lowest BCUT2D eigenvalue weighted by Gasteiger charge is -2.34. The highest BCUT2D eigenvalue weighted by atomic mass is 19.1. The zero-order valence-electron chi connectivity index (χ0n) is 15.4. The molecule has 1 aliphatic rings. The summed E-state index contributed by atoms with van der Waals surface area (Å²) in [5, 5.41) is 12.0. The smallest absolute Gasteiger partial charge is 0.237 e. The monoisotopic (exact) mass is 354 g/mol. The van der Waals surface area contributed by atoms with Crippen molar-refractivity contribution in [1.29, 1.82) is 0 Å². The molecular formula is C19H28F2N2O2. The third-order valence-corrected chi connectivity index (χ3v) is 4.81. The van der Waals surface area contributed by atoms with Crippen LogP contribution in [-0.4, -0.2) is 41.7 Å². The molecule has 2 rings (SSSR count). The Morgan fingerprint density at radius 2 is 2.08 bits per heavy atom. The van der Waals surface area contributed by atoms with Crippen LogP contribution in [0.1, 0.15) is 50.8 Å². The minimum absolute atomic E-state index is 0.0202. The number of carbonyl (C=O) groups excluding carboxylic acids is 1. The average molecular weight is 354 g/mol.